The summed E-state index contributed by atoms with van der Waals surface area (Å²) in [6, 6.07) is 8.01. The molecule has 1 N–H and O–H groups in total. The first-order valence-electron chi connectivity index (χ1n) is 9.82. The van der Waals surface area contributed by atoms with Gasteiger partial charge in [-0.15, -0.1) is 0 Å². The molecule has 28 heavy (non-hydrogen) atoms. The van der Waals surface area contributed by atoms with E-state index in [1.807, 2.05) is 45.0 Å². The molecule has 2 rings (SSSR count). The lowest BCUT2D eigenvalue weighted by Gasteiger charge is -2.32. The molecule has 6 heteroatoms. The Morgan fingerprint density at radius 3 is 2.43 bits per heavy atom. The summed E-state index contributed by atoms with van der Waals surface area (Å²) >= 11 is 0. The number of nitrogens with zero attached hydrogens (tertiary/aromatic N) is 1. The van der Waals surface area contributed by atoms with Crippen LogP contribution in [0.15, 0.2) is 29.8 Å². The van der Waals surface area contributed by atoms with Gasteiger partial charge < -0.3 is 19.5 Å². The third kappa shape index (κ3) is 6.09. The Balaban J connectivity index is 2.26. The van der Waals surface area contributed by atoms with E-state index < -0.39 is 17.7 Å². The molecule has 0 saturated heterocycles. The van der Waals surface area contributed by atoms with E-state index in [0.717, 1.165) is 29.5 Å². The van der Waals surface area contributed by atoms with Crippen LogP contribution in [0, 0.1) is 0 Å². The number of rotatable bonds is 6. The van der Waals surface area contributed by atoms with E-state index in [-0.39, 0.29) is 19.8 Å². The van der Waals surface area contributed by atoms with Crippen molar-refractivity contribution in [2.45, 2.75) is 52.6 Å². The van der Waals surface area contributed by atoms with Gasteiger partial charge in [0.25, 0.3) is 0 Å². The zero-order valence-electron chi connectivity index (χ0n) is 17.3. The zero-order valence-corrected chi connectivity index (χ0v) is 17.3. The van der Waals surface area contributed by atoms with Gasteiger partial charge in [0.1, 0.15) is 5.60 Å². The van der Waals surface area contributed by atoms with Gasteiger partial charge in [-0.05, 0) is 63.7 Å². The highest BCUT2D eigenvalue weighted by Gasteiger charge is 2.30. The normalized spacial score (nSPS) is 14.8. The molecule has 0 spiro atoms. The van der Waals surface area contributed by atoms with E-state index in [2.05, 4.69) is 0 Å². The number of ether oxygens (including phenoxy) is 2. The summed E-state index contributed by atoms with van der Waals surface area (Å²) in [5.41, 5.74) is 2.92. The van der Waals surface area contributed by atoms with Gasteiger partial charge in [0.05, 0.1) is 18.7 Å². The Bertz CT molecular complexity index is 715. The Morgan fingerprint density at radius 1 is 1.18 bits per heavy atom. The van der Waals surface area contributed by atoms with E-state index >= 15 is 0 Å². The number of hydrogen-bond acceptors (Lipinski definition) is 5. The predicted octanol–water partition coefficient (Wildman–Crippen LogP) is 3.57. The molecule has 6 nitrogen and oxygen atoms in total. The molecule has 0 radical (unpaired) electrons. The minimum atomic E-state index is -0.588. The lowest BCUT2D eigenvalue weighted by atomic mass is 9.92. The first kappa shape index (κ1) is 22.0. The molecule has 0 aliphatic carbocycles. The lowest BCUT2D eigenvalue weighted by Crippen LogP contribution is -2.42. The highest BCUT2D eigenvalue weighted by atomic mass is 16.6. The summed E-state index contributed by atoms with van der Waals surface area (Å²) in [5.74, 6) is -0.393. The molecular formula is C22H31NO5. The van der Waals surface area contributed by atoms with E-state index in [0.29, 0.717) is 18.5 Å². The van der Waals surface area contributed by atoms with Gasteiger partial charge in [-0.2, -0.15) is 0 Å². The molecule has 1 aromatic rings. The molecule has 0 aromatic heterocycles. The minimum Gasteiger partial charge on any atom is -0.463 e. The standard InChI is InChI=1S/C22H31NO5/c1-5-27-20(25)19-15-23(21(26)28-22(2,3)4)13-12-18(19)17-10-8-16(9-11-17)7-6-14-24/h8-11,24H,5-7,12-15H2,1-4H3. The first-order valence-corrected chi connectivity index (χ1v) is 9.82. The van der Waals surface area contributed by atoms with Crippen LogP contribution >= 0.6 is 0 Å². The van der Waals surface area contributed by atoms with Crippen LogP contribution in [0.2, 0.25) is 0 Å². The molecular weight excluding hydrogens is 358 g/mol. The van der Waals surface area contributed by atoms with Crippen LogP contribution in [0.3, 0.4) is 0 Å². The van der Waals surface area contributed by atoms with Crippen molar-refractivity contribution in [2.75, 3.05) is 26.3 Å². The maximum Gasteiger partial charge on any atom is 0.410 e. The van der Waals surface area contributed by atoms with Gasteiger partial charge >= 0.3 is 12.1 Å². The van der Waals surface area contributed by atoms with Crippen molar-refractivity contribution in [1.82, 2.24) is 4.90 Å². The monoisotopic (exact) mass is 389 g/mol. The SMILES string of the molecule is CCOC(=O)C1=C(c2ccc(CCCO)cc2)CCN(C(=O)OC(C)(C)C)C1. The number of aliphatic hydroxyl groups is 1. The molecule has 1 aliphatic rings. The summed E-state index contributed by atoms with van der Waals surface area (Å²) in [6.07, 6.45) is 1.67. The highest BCUT2D eigenvalue weighted by molar-refractivity contribution is 5.99. The summed E-state index contributed by atoms with van der Waals surface area (Å²) in [7, 11) is 0. The average Bonchev–Trinajstić information content (AvgIpc) is 2.65. The van der Waals surface area contributed by atoms with Crippen molar-refractivity contribution in [3.8, 4) is 0 Å². The second-order valence-electron chi connectivity index (χ2n) is 7.85. The van der Waals surface area contributed by atoms with Crippen LogP contribution in [0.1, 0.15) is 51.7 Å². The maximum absolute atomic E-state index is 12.6. The minimum absolute atomic E-state index is 0.167. The zero-order chi connectivity index (χ0) is 20.7. The fourth-order valence-corrected chi connectivity index (χ4v) is 3.13. The van der Waals surface area contributed by atoms with Gasteiger partial charge in [-0.3, -0.25) is 0 Å². The van der Waals surface area contributed by atoms with E-state index in [1.54, 1.807) is 11.8 Å². The number of esters is 1. The van der Waals surface area contributed by atoms with Crippen molar-refractivity contribution >= 4 is 17.6 Å². The van der Waals surface area contributed by atoms with Gasteiger partial charge in [-0.1, -0.05) is 24.3 Å². The largest absolute Gasteiger partial charge is 0.463 e. The second-order valence-corrected chi connectivity index (χ2v) is 7.85. The number of hydrogen-bond donors (Lipinski definition) is 1. The predicted molar refractivity (Wildman–Crippen MR) is 108 cm³/mol. The van der Waals surface area contributed by atoms with Crippen LogP contribution < -0.4 is 0 Å². The number of aryl methyl sites for hydroxylation is 1. The number of amides is 1. The van der Waals surface area contributed by atoms with Crippen LogP contribution in [-0.2, 0) is 20.7 Å². The Labute approximate surface area is 167 Å². The Kier molecular flexibility index (Phi) is 7.63. The van der Waals surface area contributed by atoms with Gasteiger partial charge in [0.2, 0.25) is 0 Å². The van der Waals surface area contributed by atoms with E-state index in [9.17, 15) is 9.59 Å². The second kappa shape index (κ2) is 9.73. The van der Waals surface area contributed by atoms with Crippen molar-refractivity contribution in [2.24, 2.45) is 0 Å². The van der Waals surface area contributed by atoms with Gasteiger partial charge in [-0.25, -0.2) is 9.59 Å². The average molecular weight is 389 g/mol. The Hall–Kier alpha value is -2.34. The first-order chi connectivity index (χ1) is 13.2. The lowest BCUT2D eigenvalue weighted by molar-refractivity contribution is -0.138. The number of benzene rings is 1. The van der Waals surface area contributed by atoms with Crippen LogP contribution in [0.25, 0.3) is 5.57 Å². The maximum atomic E-state index is 12.6. The highest BCUT2D eigenvalue weighted by Crippen LogP contribution is 2.29. The summed E-state index contributed by atoms with van der Waals surface area (Å²) < 4.78 is 10.7. The molecule has 0 fully saturated rings. The fourth-order valence-electron chi connectivity index (χ4n) is 3.13. The van der Waals surface area contributed by atoms with Crippen molar-refractivity contribution < 1.29 is 24.2 Å². The quantitative estimate of drug-likeness (QED) is 0.753. The van der Waals surface area contributed by atoms with Crippen molar-refractivity contribution in [3.05, 3.63) is 41.0 Å². The molecule has 0 bridgehead atoms. The topological polar surface area (TPSA) is 76.1 Å². The van der Waals surface area contributed by atoms with E-state index in [4.69, 9.17) is 14.6 Å². The molecule has 0 saturated carbocycles. The number of carbonyl (C=O) groups excluding carboxylic acids is 2. The van der Waals surface area contributed by atoms with Gasteiger partial charge in [0.15, 0.2) is 0 Å². The number of carbonyl (C=O) groups is 2. The molecule has 1 aromatic carbocycles. The summed E-state index contributed by atoms with van der Waals surface area (Å²) in [5, 5.41) is 8.97. The van der Waals surface area contributed by atoms with Crippen LogP contribution in [0.5, 0.6) is 0 Å². The fraction of sp³-hybridized carbons (Fsp3) is 0.545. The summed E-state index contributed by atoms with van der Waals surface area (Å²) in [6.45, 7) is 8.34. The van der Waals surface area contributed by atoms with Crippen LogP contribution in [0.4, 0.5) is 4.79 Å². The van der Waals surface area contributed by atoms with Crippen molar-refractivity contribution in [1.29, 1.82) is 0 Å². The molecule has 1 amide bonds. The third-order valence-electron chi connectivity index (χ3n) is 4.44. The molecule has 0 atom stereocenters. The molecule has 0 unspecified atom stereocenters. The molecule has 1 heterocycles. The summed E-state index contributed by atoms with van der Waals surface area (Å²) in [4.78, 5) is 26.5. The Morgan fingerprint density at radius 2 is 1.86 bits per heavy atom. The van der Waals surface area contributed by atoms with E-state index in [1.165, 1.54) is 0 Å². The van der Waals surface area contributed by atoms with Gasteiger partial charge in [0, 0.05) is 13.2 Å². The number of aliphatic hydroxyl groups excluding tert-OH is 1. The molecule has 1 aliphatic heterocycles. The molecule has 154 valence electrons. The van der Waals surface area contributed by atoms with Crippen LogP contribution in [-0.4, -0.2) is 54.0 Å². The smallest absolute Gasteiger partial charge is 0.410 e. The van der Waals surface area contributed by atoms with Crippen molar-refractivity contribution in [3.63, 3.8) is 0 Å². The third-order valence-corrected chi connectivity index (χ3v) is 4.44.